The molecule has 0 amide bonds. The molecule has 21 heavy (non-hydrogen) atoms. The van der Waals surface area contributed by atoms with Crippen LogP contribution in [0, 0.1) is 17.0 Å². The number of piperazine rings is 1. The van der Waals surface area contributed by atoms with Gasteiger partial charge in [0.2, 0.25) is 5.82 Å². The fourth-order valence-corrected chi connectivity index (χ4v) is 2.70. The molecule has 1 aliphatic heterocycles. The first-order valence-corrected chi connectivity index (χ1v) is 7.40. The zero-order valence-electron chi connectivity index (χ0n) is 13.0. The monoisotopic (exact) mass is 296 g/mol. The van der Waals surface area contributed by atoms with Crippen molar-refractivity contribution in [3.63, 3.8) is 0 Å². The first-order chi connectivity index (χ1) is 10.0. The van der Waals surface area contributed by atoms with E-state index >= 15 is 0 Å². The minimum atomic E-state index is -0.328. The van der Waals surface area contributed by atoms with Gasteiger partial charge in [0.1, 0.15) is 5.69 Å². The van der Waals surface area contributed by atoms with Crippen LogP contribution >= 0.6 is 0 Å². The zero-order chi connectivity index (χ0) is 15.4. The number of nitrogens with zero attached hydrogens (tertiary/aromatic N) is 5. The van der Waals surface area contributed by atoms with Gasteiger partial charge in [-0.25, -0.2) is 4.68 Å². The van der Waals surface area contributed by atoms with Crippen molar-refractivity contribution in [2.75, 3.05) is 51.2 Å². The maximum Gasteiger partial charge on any atom is 0.333 e. The SMILES string of the molecule is CCn1nc(C)c([N+](=O)[O-])c1N(C)CCN1CCNCC1. The van der Waals surface area contributed by atoms with Crippen molar-refractivity contribution in [3.05, 3.63) is 15.8 Å². The summed E-state index contributed by atoms with van der Waals surface area (Å²) in [4.78, 5) is 15.3. The molecule has 1 saturated heterocycles. The van der Waals surface area contributed by atoms with Gasteiger partial charge in [-0.05, 0) is 13.8 Å². The third-order valence-corrected chi connectivity index (χ3v) is 3.87. The smallest absolute Gasteiger partial charge is 0.333 e. The van der Waals surface area contributed by atoms with Gasteiger partial charge in [-0.15, -0.1) is 0 Å². The average Bonchev–Trinajstić information content (AvgIpc) is 2.82. The maximum atomic E-state index is 11.3. The number of aromatic nitrogens is 2. The Morgan fingerprint density at radius 2 is 2.10 bits per heavy atom. The molecule has 2 heterocycles. The quantitative estimate of drug-likeness (QED) is 0.607. The van der Waals surface area contributed by atoms with E-state index in [0.717, 1.165) is 39.3 Å². The molecule has 0 aliphatic carbocycles. The van der Waals surface area contributed by atoms with Crippen LogP contribution in [-0.4, -0.2) is 65.9 Å². The molecule has 1 aliphatic rings. The Balaban J connectivity index is 2.10. The largest absolute Gasteiger partial charge is 0.353 e. The third-order valence-electron chi connectivity index (χ3n) is 3.87. The van der Waals surface area contributed by atoms with Gasteiger partial charge < -0.3 is 10.2 Å². The molecule has 0 aromatic carbocycles. The summed E-state index contributed by atoms with van der Waals surface area (Å²) in [5, 5.41) is 18.9. The molecule has 0 bridgehead atoms. The van der Waals surface area contributed by atoms with Gasteiger partial charge in [0, 0.05) is 52.9 Å². The summed E-state index contributed by atoms with van der Waals surface area (Å²) in [7, 11) is 1.90. The van der Waals surface area contributed by atoms with Crippen molar-refractivity contribution < 1.29 is 4.92 Å². The highest BCUT2D eigenvalue weighted by molar-refractivity contribution is 5.61. The van der Waals surface area contributed by atoms with E-state index in [4.69, 9.17) is 0 Å². The molecule has 0 atom stereocenters. The second-order valence-electron chi connectivity index (χ2n) is 5.34. The molecule has 1 aromatic heterocycles. The van der Waals surface area contributed by atoms with Gasteiger partial charge in [-0.2, -0.15) is 5.10 Å². The van der Waals surface area contributed by atoms with Crippen molar-refractivity contribution in [3.8, 4) is 0 Å². The molecule has 2 rings (SSSR count). The lowest BCUT2D eigenvalue weighted by Gasteiger charge is -2.29. The summed E-state index contributed by atoms with van der Waals surface area (Å²) in [5.74, 6) is 0.607. The molecule has 1 fully saturated rings. The fraction of sp³-hybridized carbons (Fsp3) is 0.769. The first kappa shape index (κ1) is 15.7. The van der Waals surface area contributed by atoms with E-state index in [9.17, 15) is 10.1 Å². The highest BCUT2D eigenvalue weighted by atomic mass is 16.6. The van der Waals surface area contributed by atoms with Gasteiger partial charge >= 0.3 is 5.69 Å². The zero-order valence-corrected chi connectivity index (χ0v) is 13.0. The van der Waals surface area contributed by atoms with Crippen LogP contribution in [0.4, 0.5) is 11.5 Å². The highest BCUT2D eigenvalue weighted by Crippen LogP contribution is 2.30. The van der Waals surface area contributed by atoms with E-state index in [1.54, 1.807) is 11.6 Å². The summed E-state index contributed by atoms with van der Waals surface area (Å²) in [6, 6.07) is 0. The molecule has 8 nitrogen and oxygen atoms in total. The predicted octanol–water partition coefficient (Wildman–Crippen LogP) is 0.461. The Bertz CT molecular complexity index is 495. The van der Waals surface area contributed by atoms with Crippen molar-refractivity contribution >= 4 is 11.5 Å². The Hall–Kier alpha value is -1.67. The maximum absolute atomic E-state index is 11.3. The summed E-state index contributed by atoms with van der Waals surface area (Å²) >= 11 is 0. The number of hydrogen-bond donors (Lipinski definition) is 1. The molecular formula is C13H24N6O2. The lowest BCUT2D eigenvalue weighted by atomic mass is 10.3. The van der Waals surface area contributed by atoms with Gasteiger partial charge in [0.05, 0.1) is 4.92 Å². The van der Waals surface area contributed by atoms with E-state index in [2.05, 4.69) is 15.3 Å². The molecule has 118 valence electrons. The average molecular weight is 296 g/mol. The van der Waals surface area contributed by atoms with Crippen LogP contribution in [0.2, 0.25) is 0 Å². The minimum absolute atomic E-state index is 0.125. The lowest BCUT2D eigenvalue weighted by Crippen LogP contribution is -2.46. The summed E-state index contributed by atoms with van der Waals surface area (Å²) in [6.45, 7) is 10.0. The van der Waals surface area contributed by atoms with Crippen LogP contribution in [-0.2, 0) is 6.54 Å². The molecule has 0 radical (unpaired) electrons. The topological polar surface area (TPSA) is 79.5 Å². The lowest BCUT2D eigenvalue weighted by molar-refractivity contribution is -0.384. The summed E-state index contributed by atoms with van der Waals surface area (Å²) in [6.07, 6.45) is 0. The molecule has 1 aromatic rings. The van der Waals surface area contributed by atoms with Crippen molar-refractivity contribution in [1.82, 2.24) is 20.0 Å². The second-order valence-corrected chi connectivity index (χ2v) is 5.34. The number of nitrogens with one attached hydrogen (secondary N) is 1. The van der Waals surface area contributed by atoms with Crippen LogP contribution in [0.1, 0.15) is 12.6 Å². The normalized spacial score (nSPS) is 16.1. The number of rotatable bonds is 6. The number of aryl methyl sites for hydroxylation is 2. The van der Waals surface area contributed by atoms with Crippen LogP contribution < -0.4 is 10.2 Å². The second kappa shape index (κ2) is 6.86. The van der Waals surface area contributed by atoms with E-state index in [-0.39, 0.29) is 10.6 Å². The Kier molecular flexibility index (Phi) is 5.13. The van der Waals surface area contributed by atoms with Crippen molar-refractivity contribution in [1.29, 1.82) is 0 Å². The van der Waals surface area contributed by atoms with Crippen LogP contribution in [0.15, 0.2) is 0 Å². The third kappa shape index (κ3) is 3.51. The molecule has 0 saturated carbocycles. The van der Waals surface area contributed by atoms with Crippen LogP contribution in [0.5, 0.6) is 0 Å². The molecule has 0 unspecified atom stereocenters. The Morgan fingerprint density at radius 3 is 2.67 bits per heavy atom. The molecule has 8 heteroatoms. The van der Waals surface area contributed by atoms with Gasteiger partial charge in [0.15, 0.2) is 0 Å². The summed E-state index contributed by atoms with van der Waals surface area (Å²) in [5.41, 5.74) is 0.602. The predicted molar refractivity (Wildman–Crippen MR) is 81.9 cm³/mol. The van der Waals surface area contributed by atoms with Crippen molar-refractivity contribution in [2.24, 2.45) is 0 Å². The van der Waals surface area contributed by atoms with Gasteiger partial charge in [0.25, 0.3) is 0 Å². The fourth-order valence-electron chi connectivity index (χ4n) is 2.70. The molecular weight excluding hydrogens is 272 g/mol. The number of hydrogen-bond acceptors (Lipinski definition) is 6. The van der Waals surface area contributed by atoms with Crippen LogP contribution in [0.25, 0.3) is 0 Å². The minimum Gasteiger partial charge on any atom is -0.353 e. The van der Waals surface area contributed by atoms with Crippen molar-refractivity contribution in [2.45, 2.75) is 20.4 Å². The first-order valence-electron chi connectivity index (χ1n) is 7.40. The number of likely N-dealkylation sites (N-methyl/N-ethyl adjacent to an activating group) is 1. The van der Waals surface area contributed by atoms with E-state index in [1.807, 2.05) is 18.9 Å². The molecule has 1 N–H and O–H groups in total. The van der Waals surface area contributed by atoms with E-state index < -0.39 is 0 Å². The standard InChI is InChI=1S/C13H24N6O2/c1-4-18-13(12(19(20)21)11(2)15-18)16(3)9-10-17-7-5-14-6-8-17/h14H,4-10H2,1-3H3. The highest BCUT2D eigenvalue weighted by Gasteiger charge is 2.27. The van der Waals surface area contributed by atoms with Crippen LogP contribution in [0.3, 0.4) is 0 Å². The van der Waals surface area contributed by atoms with Gasteiger partial charge in [-0.3, -0.25) is 15.0 Å². The van der Waals surface area contributed by atoms with E-state index in [0.29, 0.717) is 18.1 Å². The number of anilines is 1. The summed E-state index contributed by atoms with van der Waals surface area (Å²) < 4.78 is 1.71. The molecule has 0 spiro atoms. The Labute approximate surface area is 124 Å². The Morgan fingerprint density at radius 1 is 1.43 bits per heavy atom. The van der Waals surface area contributed by atoms with E-state index in [1.165, 1.54) is 0 Å². The number of nitro groups is 1. The van der Waals surface area contributed by atoms with Gasteiger partial charge in [-0.1, -0.05) is 0 Å².